The number of benzene rings is 1. The van der Waals surface area contributed by atoms with Crippen molar-refractivity contribution in [3.63, 3.8) is 0 Å². The minimum absolute atomic E-state index is 0.00253. The van der Waals surface area contributed by atoms with Crippen molar-refractivity contribution in [3.8, 4) is 0 Å². The molecule has 0 unspecified atom stereocenters. The van der Waals surface area contributed by atoms with Crippen molar-refractivity contribution < 1.29 is 19.0 Å². The minimum atomic E-state index is -0.199. The third-order valence-corrected chi connectivity index (χ3v) is 2.56. The van der Waals surface area contributed by atoms with Crippen molar-refractivity contribution in [2.45, 2.75) is 6.92 Å². The quantitative estimate of drug-likeness (QED) is 0.525. The zero-order chi connectivity index (χ0) is 14.8. The van der Waals surface area contributed by atoms with E-state index in [4.69, 9.17) is 19.9 Å². The van der Waals surface area contributed by atoms with Gasteiger partial charge in [-0.15, -0.1) is 0 Å². The van der Waals surface area contributed by atoms with Crippen LogP contribution in [0.25, 0.3) is 0 Å². The molecule has 0 aliphatic heterocycles. The molecule has 0 bridgehead atoms. The van der Waals surface area contributed by atoms with E-state index >= 15 is 0 Å². The molecule has 0 aromatic heterocycles. The van der Waals surface area contributed by atoms with Crippen LogP contribution in [0, 0.1) is 6.92 Å². The van der Waals surface area contributed by atoms with E-state index < -0.39 is 0 Å². The topological polar surface area (TPSA) is 82.8 Å². The van der Waals surface area contributed by atoms with Crippen molar-refractivity contribution in [2.24, 2.45) is 0 Å². The second-order valence-electron chi connectivity index (χ2n) is 4.28. The molecule has 1 rings (SSSR count). The molecule has 112 valence electrons. The molecule has 0 fully saturated rings. The Morgan fingerprint density at radius 1 is 1.20 bits per heavy atom. The summed E-state index contributed by atoms with van der Waals surface area (Å²) >= 11 is 0. The van der Waals surface area contributed by atoms with E-state index in [-0.39, 0.29) is 12.5 Å². The maximum Gasteiger partial charge on any atom is 0.250 e. The molecule has 6 heteroatoms. The van der Waals surface area contributed by atoms with Gasteiger partial charge in [-0.25, -0.2) is 0 Å². The summed E-state index contributed by atoms with van der Waals surface area (Å²) in [5.74, 6) is -0.199. The van der Waals surface area contributed by atoms with Gasteiger partial charge in [-0.2, -0.15) is 0 Å². The molecule has 0 saturated heterocycles. The Kier molecular flexibility index (Phi) is 7.64. The summed E-state index contributed by atoms with van der Waals surface area (Å²) in [7, 11) is 1.61. The molecule has 0 atom stereocenters. The Morgan fingerprint density at radius 2 is 1.90 bits per heavy atom. The largest absolute Gasteiger partial charge is 0.399 e. The van der Waals surface area contributed by atoms with Gasteiger partial charge in [0.25, 0.3) is 0 Å². The average molecular weight is 282 g/mol. The van der Waals surface area contributed by atoms with Crippen LogP contribution in [-0.2, 0) is 19.0 Å². The number of ether oxygens (including phenoxy) is 3. The number of hydrogen-bond acceptors (Lipinski definition) is 5. The first-order valence-electron chi connectivity index (χ1n) is 6.44. The lowest BCUT2D eigenvalue weighted by atomic mass is 10.2. The molecule has 0 aliphatic carbocycles. The molecule has 1 aromatic carbocycles. The van der Waals surface area contributed by atoms with Crippen LogP contribution in [0.5, 0.6) is 0 Å². The average Bonchev–Trinajstić information content (AvgIpc) is 2.41. The van der Waals surface area contributed by atoms with Crippen molar-refractivity contribution in [1.29, 1.82) is 0 Å². The lowest BCUT2D eigenvalue weighted by Gasteiger charge is -2.09. The van der Waals surface area contributed by atoms with E-state index in [1.807, 2.05) is 6.92 Å². The fourth-order valence-electron chi connectivity index (χ4n) is 1.54. The normalized spacial score (nSPS) is 10.5. The Morgan fingerprint density at radius 3 is 2.60 bits per heavy atom. The van der Waals surface area contributed by atoms with Crippen LogP contribution >= 0.6 is 0 Å². The van der Waals surface area contributed by atoms with Gasteiger partial charge in [-0.3, -0.25) is 4.79 Å². The summed E-state index contributed by atoms with van der Waals surface area (Å²) in [6, 6.07) is 5.32. The fraction of sp³-hybridized carbons (Fsp3) is 0.500. The number of anilines is 2. The zero-order valence-electron chi connectivity index (χ0n) is 12.0. The molecule has 0 aliphatic rings. The number of aryl methyl sites for hydroxylation is 1. The number of nitrogens with two attached hydrogens (primary N) is 1. The predicted octanol–water partition coefficient (Wildman–Crippen LogP) is 1.20. The van der Waals surface area contributed by atoms with E-state index in [1.54, 1.807) is 25.3 Å². The summed E-state index contributed by atoms with van der Waals surface area (Å²) in [4.78, 5) is 11.7. The smallest absolute Gasteiger partial charge is 0.250 e. The van der Waals surface area contributed by atoms with Crippen molar-refractivity contribution in [3.05, 3.63) is 23.8 Å². The van der Waals surface area contributed by atoms with Crippen LogP contribution in [0.4, 0.5) is 11.4 Å². The van der Waals surface area contributed by atoms with E-state index in [9.17, 15) is 4.79 Å². The molecule has 3 N–H and O–H groups in total. The van der Waals surface area contributed by atoms with Gasteiger partial charge in [0.1, 0.15) is 6.61 Å². The van der Waals surface area contributed by atoms with Crippen LogP contribution in [0.15, 0.2) is 18.2 Å². The fourth-order valence-corrected chi connectivity index (χ4v) is 1.54. The Hall–Kier alpha value is -1.63. The predicted molar refractivity (Wildman–Crippen MR) is 77.7 cm³/mol. The lowest BCUT2D eigenvalue weighted by molar-refractivity contribution is -0.121. The summed E-state index contributed by atoms with van der Waals surface area (Å²) in [6.07, 6.45) is 0. The molecule has 0 heterocycles. The summed E-state index contributed by atoms with van der Waals surface area (Å²) in [5, 5.41) is 2.77. The lowest BCUT2D eigenvalue weighted by Crippen LogP contribution is -2.20. The van der Waals surface area contributed by atoms with Crippen molar-refractivity contribution in [2.75, 3.05) is 51.2 Å². The van der Waals surface area contributed by atoms with Gasteiger partial charge in [0.15, 0.2) is 0 Å². The summed E-state index contributed by atoms with van der Waals surface area (Å²) < 4.78 is 15.3. The highest BCUT2D eigenvalue weighted by molar-refractivity contribution is 5.92. The number of nitrogens with one attached hydrogen (secondary N) is 1. The Balaban J connectivity index is 2.17. The van der Waals surface area contributed by atoms with Gasteiger partial charge < -0.3 is 25.3 Å². The van der Waals surface area contributed by atoms with Gasteiger partial charge in [-0.1, -0.05) is 0 Å². The molecule has 1 aromatic rings. The summed E-state index contributed by atoms with van der Waals surface area (Å²) in [5.41, 5.74) is 7.98. The molecule has 0 spiro atoms. The third-order valence-electron chi connectivity index (χ3n) is 2.56. The van der Waals surface area contributed by atoms with E-state index in [2.05, 4.69) is 5.32 Å². The number of nitrogen functional groups attached to an aromatic ring is 1. The van der Waals surface area contributed by atoms with Crippen LogP contribution in [-0.4, -0.2) is 46.1 Å². The molecule has 0 radical (unpaired) electrons. The SMILES string of the molecule is COCCOCCOCC(=O)Nc1ccc(N)cc1C. The standard InChI is InChI=1S/C14H22N2O4/c1-11-9-12(15)3-4-13(11)16-14(17)10-20-8-7-19-6-5-18-2/h3-4,9H,5-8,10,15H2,1-2H3,(H,16,17). The van der Waals surface area contributed by atoms with Crippen LogP contribution in [0.3, 0.4) is 0 Å². The van der Waals surface area contributed by atoms with Crippen LogP contribution in [0.2, 0.25) is 0 Å². The third kappa shape index (κ3) is 6.51. The highest BCUT2D eigenvalue weighted by atomic mass is 16.5. The monoisotopic (exact) mass is 282 g/mol. The Bertz CT molecular complexity index is 424. The first-order chi connectivity index (χ1) is 9.63. The second kappa shape index (κ2) is 9.30. The molecular weight excluding hydrogens is 260 g/mol. The number of hydrogen-bond donors (Lipinski definition) is 2. The number of carbonyl (C=O) groups is 1. The second-order valence-corrected chi connectivity index (χ2v) is 4.28. The van der Waals surface area contributed by atoms with Gasteiger partial charge in [0.05, 0.1) is 26.4 Å². The number of carbonyl (C=O) groups excluding carboxylic acids is 1. The van der Waals surface area contributed by atoms with E-state index in [0.717, 1.165) is 11.3 Å². The van der Waals surface area contributed by atoms with E-state index in [0.29, 0.717) is 32.1 Å². The molecule has 1 amide bonds. The highest BCUT2D eigenvalue weighted by Gasteiger charge is 2.05. The zero-order valence-corrected chi connectivity index (χ0v) is 12.0. The minimum Gasteiger partial charge on any atom is -0.399 e. The Labute approximate surface area is 119 Å². The van der Waals surface area contributed by atoms with Crippen LogP contribution < -0.4 is 11.1 Å². The first kappa shape index (κ1) is 16.4. The number of methoxy groups -OCH3 is 1. The van der Waals surface area contributed by atoms with Crippen LogP contribution in [0.1, 0.15) is 5.56 Å². The van der Waals surface area contributed by atoms with Gasteiger partial charge >= 0.3 is 0 Å². The van der Waals surface area contributed by atoms with Crippen molar-refractivity contribution in [1.82, 2.24) is 0 Å². The summed E-state index contributed by atoms with van der Waals surface area (Å²) in [6.45, 7) is 3.77. The number of amides is 1. The molecule has 6 nitrogen and oxygen atoms in total. The molecule has 0 saturated carbocycles. The van der Waals surface area contributed by atoms with E-state index in [1.165, 1.54) is 0 Å². The number of rotatable bonds is 9. The van der Waals surface area contributed by atoms with Gasteiger partial charge in [-0.05, 0) is 30.7 Å². The molecule has 20 heavy (non-hydrogen) atoms. The van der Waals surface area contributed by atoms with Gasteiger partial charge in [0, 0.05) is 18.5 Å². The maximum absolute atomic E-state index is 11.7. The molecular formula is C14H22N2O4. The first-order valence-corrected chi connectivity index (χ1v) is 6.44. The van der Waals surface area contributed by atoms with Gasteiger partial charge in [0.2, 0.25) is 5.91 Å². The highest BCUT2D eigenvalue weighted by Crippen LogP contribution is 2.17. The maximum atomic E-state index is 11.7. The van der Waals surface area contributed by atoms with Crippen molar-refractivity contribution >= 4 is 17.3 Å².